The summed E-state index contributed by atoms with van der Waals surface area (Å²) in [6.07, 6.45) is 0.620. The molecule has 0 aromatic heterocycles. The maximum Gasteiger partial charge on any atom is 0.141 e. The van der Waals surface area contributed by atoms with Crippen molar-refractivity contribution in [2.45, 2.75) is 12.5 Å². The Morgan fingerprint density at radius 3 is 2.84 bits per heavy atom. The summed E-state index contributed by atoms with van der Waals surface area (Å²) >= 11 is 0. The SMILES string of the molecule is O=C1CCN2OC[C@@H]1[C@@H]2c1ccc2ccccc2c1. The molecule has 2 aromatic rings. The molecular weight excluding hydrogens is 238 g/mol. The molecule has 0 saturated carbocycles. The smallest absolute Gasteiger partial charge is 0.141 e. The molecule has 2 saturated heterocycles. The number of carbonyl (C=O) groups is 1. The van der Waals surface area contributed by atoms with E-state index in [9.17, 15) is 4.79 Å². The van der Waals surface area contributed by atoms with Crippen molar-refractivity contribution >= 4 is 16.6 Å². The predicted octanol–water partition coefficient (Wildman–Crippen LogP) is 2.72. The third-order valence-corrected chi connectivity index (χ3v) is 4.22. The number of hydrogen-bond donors (Lipinski definition) is 0. The van der Waals surface area contributed by atoms with E-state index in [4.69, 9.17) is 4.84 Å². The molecule has 3 nitrogen and oxygen atoms in total. The van der Waals surface area contributed by atoms with Gasteiger partial charge in [0.1, 0.15) is 5.78 Å². The zero-order chi connectivity index (χ0) is 12.8. The topological polar surface area (TPSA) is 29.5 Å². The van der Waals surface area contributed by atoms with Crippen LogP contribution in [0.3, 0.4) is 0 Å². The van der Waals surface area contributed by atoms with Gasteiger partial charge in [-0.05, 0) is 22.4 Å². The molecule has 2 fully saturated rings. The average molecular weight is 253 g/mol. The van der Waals surface area contributed by atoms with Crippen LogP contribution < -0.4 is 0 Å². The number of fused-ring (bicyclic) bond motifs is 3. The Bertz CT molecular complexity index is 652. The number of rotatable bonds is 1. The van der Waals surface area contributed by atoms with E-state index in [0.717, 1.165) is 0 Å². The van der Waals surface area contributed by atoms with Crippen molar-refractivity contribution in [2.24, 2.45) is 5.92 Å². The molecule has 1 unspecified atom stereocenters. The lowest BCUT2D eigenvalue weighted by atomic mass is 9.86. The zero-order valence-corrected chi connectivity index (χ0v) is 10.6. The van der Waals surface area contributed by atoms with Crippen molar-refractivity contribution < 1.29 is 9.63 Å². The standard InChI is InChI=1S/C16H15NO2/c18-15-7-8-17-16(14(15)10-19-17)13-6-5-11-3-1-2-4-12(11)9-13/h1-6,9,14,16H,7-8,10H2/t14-,16-/m0/s1. The summed E-state index contributed by atoms with van der Waals surface area (Å²) in [5.74, 6) is 0.349. The Morgan fingerprint density at radius 1 is 1.11 bits per heavy atom. The largest absolute Gasteiger partial charge is 0.299 e. The molecule has 19 heavy (non-hydrogen) atoms. The maximum absolute atomic E-state index is 12.0. The van der Waals surface area contributed by atoms with E-state index >= 15 is 0 Å². The first-order chi connectivity index (χ1) is 9.33. The van der Waals surface area contributed by atoms with E-state index < -0.39 is 0 Å². The molecule has 4 rings (SSSR count). The van der Waals surface area contributed by atoms with E-state index in [2.05, 4.69) is 30.3 Å². The predicted molar refractivity (Wildman–Crippen MR) is 72.5 cm³/mol. The number of nitrogens with zero attached hydrogens (tertiary/aromatic N) is 1. The lowest BCUT2D eigenvalue weighted by Gasteiger charge is -2.29. The van der Waals surface area contributed by atoms with Crippen LogP contribution in [-0.2, 0) is 9.63 Å². The van der Waals surface area contributed by atoms with Crippen LogP contribution in [0.25, 0.3) is 10.8 Å². The van der Waals surface area contributed by atoms with Crippen molar-refractivity contribution in [3.8, 4) is 0 Å². The molecule has 0 aliphatic carbocycles. The highest BCUT2D eigenvalue weighted by atomic mass is 16.7. The molecule has 0 spiro atoms. The van der Waals surface area contributed by atoms with Crippen molar-refractivity contribution in [1.29, 1.82) is 0 Å². The van der Waals surface area contributed by atoms with Gasteiger partial charge in [0, 0.05) is 13.0 Å². The summed E-state index contributed by atoms with van der Waals surface area (Å²) in [6.45, 7) is 1.25. The van der Waals surface area contributed by atoms with Crippen LogP contribution >= 0.6 is 0 Å². The summed E-state index contributed by atoms with van der Waals surface area (Å²) in [4.78, 5) is 17.6. The Hall–Kier alpha value is -1.71. The second-order valence-electron chi connectivity index (χ2n) is 5.31. The van der Waals surface area contributed by atoms with Gasteiger partial charge in [0.25, 0.3) is 0 Å². The summed E-state index contributed by atoms with van der Waals surface area (Å²) in [5, 5.41) is 4.44. The van der Waals surface area contributed by atoms with Gasteiger partial charge < -0.3 is 0 Å². The van der Waals surface area contributed by atoms with Crippen LogP contribution in [0.4, 0.5) is 0 Å². The van der Waals surface area contributed by atoms with Crippen molar-refractivity contribution in [3.05, 3.63) is 48.0 Å². The van der Waals surface area contributed by atoms with Gasteiger partial charge in [0.05, 0.1) is 18.6 Å². The molecule has 0 radical (unpaired) electrons. The van der Waals surface area contributed by atoms with Gasteiger partial charge in [-0.15, -0.1) is 0 Å². The van der Waals surface area contributed by atoms with E-state index in [-0.39, 0.29) is 12.0 Å². The minimum Gasteiger partial charge on any atom is -0.299 e. The fourth-order valence-corrected chi connectivity index (χ4v) is 3.22. The molecule has 0 N–H and O–H groups in total. The highest BCUT2D eigenvalue weighted by molar-refractivity contribution is 5.85. The van der Waals surface area contributed by atoms with E-state index in [0.29, 0.717) is 25.4 Å². The van der Waals surface area contributed by atoms with Gasteiger partial charge >= 0.3 is 0 Å². The maximum atomic E-state index is 12.0. The van der Waals surface area contributed by atoms with Crippen LogP contribution in [-0.4, -0.2) is 24.0 Å². The Labute approximate surface area is 111 Å². The molecule has 2 aliphatic heterocycles. The average Bonchev–Trinajstić information content (AvgIpc) is 2.79. The van der Waals surface area contributed by atoms with Gasteiger partial charge in [-0.25, -0.2) is 0 Å². The first-order valence-electron chi connectivity index (χ1n) is 6.74. The zero-order valence-electron chi connectivity index (χ0n) is 10.6. The van der Waals surface area contributed by atoms with Crippen LogP contribution in [0.5, 0.6) is 0 Å². The summed E-state index contributed by atoms with van der Waals surface area (Å²) in [7, 11) is 0. The van der Waals surface area contributed by atoms with Crippen LogP contribution in [0.15, 0.2) is 42.5 Å². The molecule has 0 amide bonds. The Morgan fingerprint density at radius 2 is 1.95 bits per heavy atom. The Balaban J connectivity index is 1.80. The molecule has 3 atom stereocenters. The molecular formula is C16H15NO2. The van der Waals surface area contributed by atoms with Crippen molar-refractivity contribution in [2.75, 3.05) is 13.2 Å². The number of hydrogen-bond acceptors (Lipinski definition) is 3. The number of ketones is 1. The third kappa shape index (κ3) is 1.70. The number of benzene rings is 2. The first-order valence-corrected chi connectivity index (χ1v) is 6.74. The molecule has 2 aromatic carbocycles. The summed E-state index contributed by atoms with van der Waals surface area (Å²) in [5.41, 5.74) is 1.19. The van der Waals surface area contributed by atoms with Crippen molar-refractivity contribution in [3.63, 3.8) is 0 Å². The van der Waals surface area contributed by atoms with E-state index in [1.54, 1.807) is 0 Å². The quantitative estimate of drug-likeness (QED) is 0.782. The molecule has 96 valence electrons. The second kappa shape index (κ2) is 4.15. The van der Waals surface area contributed by atoms with E-state index in [1.807, 2.05) is 17.2 Å². The number of carbonyl (C=O) groups excluding carboxylic acids is 1. The minimum absolute atomic E-state index is 0.00918. The monoisotopic (exact) mass is 253 g/mol. The van der Waals surface area contributed by atoms with Gasteiger partial charge in [0.2, 0.25) is 0 Å². The molecule has 2 heterocycles. The van der Waals surface area contributed by atoms with Crippen LogP contribution in [0.1, 0.15) is 18.0 Å². The normalized spacial score (nSPS) is 29.9. The highest BCUT2D eigenvalue weighted by Crippen LogP contribution is 2.40. The van der Waals surface area contributed by atoms with Crippen LogP contribution in [0.2, 0.25) is 0 Å². The first kappa shape index (κ1) is 11.1. The summed E-state index contributed by atoms with van der Waals surface area (Å²) in [6, 6.07) is 14.9. The third-order valence-electron chi connectivity index (χ3n) is 4.22. The highest BCUT2D eigenvalue weighted by Gasteiger charge is 2.44. The van der Waals surface area contributed by atoms with Gasteiger partial charge in [-0.3, -0.25) is 9.63 Å². The molecule has 2 bridgehead atoms. The lowest BCUT2D eigenvalue weighted by molar-refractivity contribution is -0.144. The minimum atomic E-state index is 0.00918. The van der Waals surface area contributed by atoms with Crippen LogP contribution in [0, 0.1) is 5.92 Å². The lowest BCUT2D eigenvalue weighted by Crippen LogP contribution is -2.35. The fraction of sp³-hybridized carbons (Fsp3) is 0.312. The van der Waals surface area contributed by atoms with Gasteiger partial charge in [-0.1, -0.05) is 36.4 Å². The van der Waals surface area contributed by atoms with Gasteiger partial charge in [-0.2, -0.15) is 5.06 Å². The molecule has 3 heteroatoms. The number of Topliss-reactive ketones (excluding diaryl/α,β-unsaturated/α-hetero) is 1. The fourth-order valence-electron chi connectivity index (χ4n) is 3.22. The second-order valence-corrected chi connectivity index (χ2v) is 5.31. The van der Waals surface area contributed by atoms with Gasteiger partial charge in [0.15, 0.2) is 0 Å². The Kier molecular flexibility index (Phi) is 2.43. The number of hydroxylamine groups is 2. The van der Waals surface area contributed by atoms with Crippen molar-refractivity contribution in [1.82, 2.24) is 5.06 Å². The summed E-state index contributed by atoms with van der Waals surface area (Å²) < 4.78 is 0. The number of piperidine rings is 1. The molecule has 2 aliphatic rings. The van der Waals surface area contributed by atoms with E-state index in [1.165, 1.54) is 16.3 Å².